The third-order valence-electron chi connectivity index (χ3n) is 4.67. The molecule has 7 heteroatoms. The van der Waals surface area contributed by atoms with Crippen LogP contribution in [0.3, 0.4) is 0 Å². The molecule has 1 unspecified atom stereocenters. The number of ether oxygens (including phenoxy) is 1. The number of halogens is 1. The van der Waals surface area contributed by atoms with Crippen molar-refractivity contribution >= 4 is 21.8 Å². The monoisotopic (exact) mass is 427 g/mol. The van der Waals surface area contributed by atoms with E-state index in [0.29, 0.717) is 31.1 Å². The number of amides is 1. The van der Waals surface area contributed by atoms with Crippen LogP contribution in [-0.2, 0) is 11.3 Å². The Hall–Kier alpha value is -2.67. The summed E-state index contributed by atoms with van der Waals surface area (Å²) < 4.78 is 11.7. The molecule has 0 aliphatic carbocycles. The van der Waals surface area contributed by atoms with E-state index in [9.17, 15) is 4.79 Å². The summed E-state index contributed by atoms with van der Waals surface area (Å²) in [5.41, 5.74) is 1.91. The van der Waals surface area contributed by atoms with Crippen molar-refractivity contribution in [2.45, 2.75) is 25.4 Å². The largest absolute Gasteiger partial charge is 0.497 e. The molecule has 0 bridgehead atoms. The van der Waals surface area contributed by atoms with Crippen LogP contribution < -0.4 is 4.74 Å². The van der Waals surface area contributed by atoms with E-state index >= 15 is 0 Å². The second-order valence-corrected chi connectivity index (χ2v) is 7.30. The summed E-state index contributed by atoms with van der Waals surface area (Å²) in [4.78, 5) is 18.8. The van der Waals surface area contributed by atoms with Gasteiger partial charge in [-0.15, -0.1) is 0 Å². The number of rotatable bonds is 5. The molecule has 2 aromatic carbocycles. The zero-order chi connectivity index (χ0) is 18.8. The minimum Gasteiger partial charge on any atom is -0.497 e. The van der Waals surface area contributed by atoms with Crippen LogP contribution in [0.5, 0.6) is 5.75 Å². The highest BCUT2D eigenvalue weighted by atomic mass is 79.9. The van der Waals surface area contributed by atoms with E-state index in [1.54, 1.807) is 12.0 Å². The molecular formula is C20H18BrN3O3. The number of hydrogen-bond acceptors (Lipinski definition) is 5. The van der Waals surface area contributed by atoms with E-state index in [4.69, 9.17) is 9.26 Å². The normalized spacial score (nSPS) is 16.7. The summed E-state index contributed by atoms with van der Waals surface area (Å²) in [6.07, 6.45) is 1.16. The maximum absolute atomic E-state index is 12.4. The number of hydrogen-bond donors (Lipinski definition) is 0. The van der Waals surface area contributed by atoms with Gasteiger partial charge >= 0.3 is 0 Å². The molecule has 0 radical (unpaired) electrons. The number of likely N-dealkylation sites (tertiary alicyclic amines) is 1. The molecule has 1 saturated heterocycles. The van der Waals surface area contributed by atoms with Crippen LogP contribution in [0.4, 0.5) is 0 Å². The zero-order valence-corrected chi connectivity index (χ0v) is 16.3. The van der Waals surface area contributed by atoms with E-state index in [2.05, 4.69) is 26.1 Å². The fourth-order valence-electron chi connectivity index (χ4n) is 3.20. The predicted molar refractivity (Wildman–Crippen MR) is 103 cm³/mol. The van der Waals surface area contributed by atoms with Crippen LogP contribution in [0.15, 0.2) is 57.5 Å². The maximum atomic E-state index is 12.4. The first kappa shape index (κ1) is 17.7. The van der Waals surface area contributed by atoms with Crippen molar-refractivity contribution in [2.24, 2.45) is 0 Å². The zero-order valence-electron chi connectivity index (χ0n) is 14.8. The molecule has 2 heterocycles. The molecule has 0 saturated carbocycles. The Morgan fingerprint density at radius 1 is 1.19 bits per heavy atom. The summed E-state index contributed by atoms with van der Waals surface area (Å²) in [5, 5.41) is 4.09. The molecular weight excluding hydrogens is 410 g/mol. The lowest BCUT2D eigenvalue weighted by Gasteiger charge is -2.22. The van der Waals surface area contributed by atoms with Gasteiger partial charge in [-0.2, -0.15) is 4.98 Å². The second kappa shape index (κ2) is 7.52. The highest BCUT2D eigenvalue weighted by Crippen LogP contribution is 2.34. The molecule has 1 aliphatic rings. The quantitative estimate of drug-likeness (QED) is 0.604. The molecule has 1 aromatic heterocycles. The van der Waals surface area contributed by atoms with Crippen molar-refractivity contribution in [1.82, 2.24) is 15.0 Å². The minimum atomic E-state index is -0.198. The molecule has 6 nitrogen and oxygen atoms in total. The number of methoxy groups -OCH3 is 1. The first-order chi connectivity index (χ1) is 13.1. The summed E-state index contributed by atoms with van der Waals surface area (Å²) in [5.74, 6) is 1.90. The Morgan fingerprint density at radius 3 is 2.63 bits per heavy atom. The van der Waals surface area contributed by atoms with Gasteiger partial charge in [0.25, 0.3) is 0 Å². The van der Waals surface area contributed by atoms with E-state index < -0.39 is 0 Å². The van der Waals surface area contributed by atoms with Gasteiger partial charge in [-0.05, 0) is 48.4 Å². The van der Waals surface area contributed by atoms with Gasteiger partial charge in [-0.1, -0.05) is 33.2 Å². The third-order valence-corrected chi connectivity index (χ3v) is 5.20. The molecule has 0 spiro atoms. The van der Waals surface area contributed by atoms with Gasteiger partial charge in [-0.25, -0.2) is 0 Å². The number of carbonyl (C=O) groups excluding carboxylic acids is 1. The molecule has 4 rings (SSSR count). The molecule has 1 fully saturated rings. The average molecular weight is 428 g/mol. The van der Waals surface area contributed by atoms with E-state index in [1.165, 1.54) is 0 Å². The van der Waals surface area contributed by atoms with Crippen molar-refractivity contribution in [3.63, 3.8) is 0 Å². The number of benzene rings is 2. The highest BCUT2D eigenvalue weighted by Gasteiger charge is 2.36. The van der Waals surface area contributed by atoms with E-state index in [-0.39, 0.29) is 11.9 Å². The highest BCUT2D eigenvalue weighted by molar-refractivity contribution is 9.10. The van der Waals surface area contributed by atoms with Crippen LogP contribution in [-0.4, -0.2) is 28.1 Å². The van der Waals surface area contributed by atoms with Crippen LogP contribution in [0.25, 0.3) is 11.4 Å². The first-order valence-corrected chi connectivity index (χ1v) is 9.45. The molecule has 1 aliphatic heterocycles. The predicted octanol–water partition coefficient (Wildman–Crippen LogP) is 4.37. The van der Waals surface area contributed by atoms with E-state index in [0.717, 1.165) is 21.3 Å². The SMILES string of the molecule is COc1ccc(CN2C(=O)CCC2c2nc(-c3ccc(Br)cc3)no2)cc1. The molecule has 1 amide bonds. The van der Waals surface area contributed by atoms with Crippen LogP contribution in [0.1, 0.15) is 30.3 Å². The standard InChI is InChI=1S/C20H18BrN3O3/c1-26-16-8-2-13(3-9-16)12-24-17(10-11-18(24)25)20-22-19(23-27-20)14-4-6-15(21)7-5-14/h2-9,17H,10-12H2,1H3. The molecule has 3 aromatic rings. The molecule has 1 atom stereocenters. The Balaban J connectivity index is 1.55. The van der Waals surface area contributed by atoms with E-state index in [1.807, 2.05) is 48.5 Å². The van der Waals surface area contributed by atoms with Crippen molar-refractivity contribution in [1.29, 1.82) is 0 Å². The Morgan fingerprint density at radius 2 is 1.93 bits per heavy atom. The Kier molecular flexibility index (Phi) is 4.94. The number of aromatic nitrogens is 2. The van der Waals surface area contributed by atoms with Crippen molar-refractivity contribution in [3.05, 3.63) is 64.5 Å². The smallest absolute Gasteiger partial charge is 0.249 e. The lowest BCUT2D eigenvalue weighted by Crippen LogP contribution is -2.27. The lowest BCUT2D eigenvalue weighted by molar-refractivity contribution is -0.129. The Bertz CT molecular complexity index is 938. The maximum Gasteiger partial charge on any atom is 0.249 e. The van der Waals surface area contributed by atoms with Gasteiger partial charge in [-0.3, -0.25) is 4.79 Å². The van der Waals surface area contributed by atoms with Crippen molar-refractivity contribution < 1.29 is 14.1 Å². The fourth-order valence-corrected chi connectivity index (χ4v) is 3.47. The van der Waals surface area contributed by atoms with Gasteiger partial charge in [0, 0.05) is 23.0 Å². The lowest BCUT2D eigenvalue weighted by atomic mass is 10.1. The van der Waals surface area contributed by atoms with Crippen LogP contribution >= 0.6 is 15.9 Å². The molecule has 0 N–H and O–H groups in total. The minimum absolute atomic E-state index is 0.0965. The van der Waals surface area contributed by atoms with Gasteiger partial charge in [0.2, 0.25) is 17.6 Å². The van der Waals surface area contributed by atoms with Crippen LogP contribution in [0, 0.1) is 0 Å². The number of nitrogens with zero attached hydrogens (tertiary/aromatic N) is 3. The summed E-state index contributed by atoms with van der Waals surface area (Å²) in [7, 11) is 1.63. The average Bonchev–Trinajstić information content (AvgIpc) is 3.31. The van der Waals surface area contributed by atoms with Crippen molar-refractivity contribution in [3.8, 4) is 17.1 Å². The van der Waals surface area contributed by atoms with Gasteiger partial charge in [0.1, 0.15) is 11.8 Å². The first-order valence-electron chi connectivity index (χ1n) is 8.66. The fraction of sp³-hybridized carbons (Fsp3) is 0.250. The van der Waals surface area contributed by atoms with Crippen LogP contribution in [0.2, 0.25) is 0 Å². The van der Waals surface area contributed by atoms with Crippen molar-refractivity contribution in [2.75, 3.05) is 7.11 Å². The van der Waals surface area contributed by atoms with Gasteiger partial charge in [0.15, 0.2) is 0 Å². The second-order valence-electron chi connectivity index (χ2n) is 6.39. The Labute approximate surface area is 165 Å². The summed E-state index contributed by atoms with van der Waals surface area (Å²) in [6, 6.07) is 15.2. The van der Waals surface area contributed by atoms with Gasteiger partial charge in [0.05, 0.1) is 7.11 Å². The summed E-state index contributed by atoms with van der Waals surface area (Å²) >= 11 is 3.42. The number of carbonyl (C=O) groups is 1. The topological polar surface area (TPSA) is 68.5 Å². The summed E-state index contributed by atoms with van der Waals surface area (Å²) in [6.45, 7) is 0.503. The van der Waals surface area contributed by atoms with Gasteiger partial charge < -0.3 is 14.2 Å². The molecule has 27 heavy (non-hydrogen) atoms. The molecule has 138 valence electrons. The third kappa shape index (κ3) is 3.73.